The smallest absolute Gasteiger partial charge is 0.327 e. The van der Waals surface area contributed by atoms with Gasteiger partial charge >= 0.3 is 5.97 Å². The zero-order chi connectivity index (χ0) is 20.3. The fraction of sp³-hybridized carbons (Fsp3) is 0.600. The number of hydrogen-bond acceptors (Lipinski definition) is 4. The lowest BCUT2D eigenvalue weighted by molar-refractivity contribution is -0.140. The van der Waals surface area contributed by atoms with E-state index in [4.69, 9.17) is 0 Å². The number of aliphatic carboxylic acids is 1. The average molecular weight is 382 g/mol. The molecule has 0 unspecified atom stereocenters. The van der Waals surface area contributed by atoms with Crippen LogP contribution in [0.3, 0.4) is 0 Å². The van der Waals surface area contributed by atoms with Crippen molar-refractivity contribution >= 4 is 23.6 Å². The standard InChI is InChI=1S/C20H31NO4S/c1-12(22)21-16(18(24)25)11-26-10-13-8-14(19(2,3)4)17(23)15(9-13)20(5,6)7/h8-9,16,23H,10-11H2,1-7H3,(H,21,22)(H,24,25)/t16-/m0/s1. The van der Waals surface area contributed by atoms with Crippen molar-refractivity contribution in [3.05, 3.63) is 28.8 Å². The van der Waals surface area contributed by atoms with Crippen molar-refractivity contribution < 1.29 is 19.8 Å². The van der Waals surface area contributed by atoms with Crippen molar-refractivity contribution in [3.63, 3.8) is 0 Å². The van der Waals surface area contributed by atoms with Gasteiger partial charge in [0.15, 0.2) is 0 Å². The zero-order valence-electron chi connectivity index (χ0n) is 16.8. The van der Waals surface area contributed by atoms with Gasteiger partial charge in [-0.15, -0.1) is 0 Å². The number of nitrogens with one attached hydrogen (secondary N) is 1. The summed E-state index contributed by atoms with van der Waals surface area (Å²) in [4.78, 5) is 22.4. The number of carbonyl (C=O) groups excluding carboxylic acids is 1. The third-order valence-electron chi connectivity index (χ3n) is 4.01. The number of phenolic OH excluding ortho intramolecular Hbond substituents is 1. The topological polar surface area (TPSA) is 86.6 Å². The van der Waals surface area contributed by atoms with Crippen LogP contribution in [0.4, 0.5) is 0 Å². The molecular weight excluding hydrogens is 350 g/mol. The van der Waals surface area contributed by atoms with E-state index in [1.165, 1.54) is 18.7 Å². The molecule has 0 saturated carbocycles. The summed E-state index contributed by atoms with van der Waals surface area (Å²) in [5.41, 5.74) is 2.40. The van der Waals surface area contributed by atoms with Crippen LogP contribution >= 0.6 is 11.8 Å². The van der Waals surface area contributed by atoms with Crippen molar-refractivity contribution in [1.29, 1.82) is 0 Å². The van der Waals surface area contributed by atoms with E-state index in [2.05, 4.69) is 46.9 Å². The Morgan fingerprint density at radius 3 is 1.88 bits per heavy atom. The van der Waals surface area contributed by atoms with Crippen LogP contribution in [-0.4, -0.2) is 33.9 Å². The highest BCUT2D eigenvalue weighted by Gasteiger charge is 2.26. The summed E-state index contributed by atoms with van der Waals surface area (Å²) in [7, 11) is 0. The molecule has 1 rings (SSSR count). The van der Waals surface area contributed by atoms with Crippen LogP contribution in [0.5, 0.6) is 5.75 Å². The minimum Gasteiger partial charge on any atom is -0.507 e. The minimum atomic E-state index is -1.04. The molecule has 1 atom stereocenters. The molecule has 0 fully saturated rings. The first-order valence-corrected chi connectivity index (χ1v) is 9.83. The Balaban J connectivity index is 3.06. The van der Waals surface area contributed by atoms with Gasteiger partial charge in [-0.2, -0.15) is 11.8 Å². The van der Waals surface area contributed by atoms with Crippen molar-refractivity contribution in [2.45, 2.75) is 71.1 Å². The minimum absolute atomic E-state index is 0.204. The second kappa shape index (κ2) is 8.33. The lowest BCUT2D eigenvalue weighted by Gasteiger charge is -2.28. The van der Waals surface area contributed by atoms with E-state index >= 15 is 0 Å². The van der Waals surface area contributed by atoms with Crippen LogP contribution in [0.1, 0.15) is 65.2 Å². The summed E-state index contributed by atoms with van der Waals surface area (Å²) >= 11 is 1.45. The van der Waals surface area contributed by atoms with E-state index in [-0.39, 0.29) is 22.5 Å². The van der Waals surface area contributed by atoms with Crippen LogP contribution in [0.2, 0.25) is 0 Å². The van der Waals surface area contributed by atoms with Crippen LogP contribution in [0, 0.1) is 0 Å². The number of carbonyl (C=O) groups is 2. The van der Waals surface area contributed by atoms with Crippen molar-refractivity contribution in [2.75, 3.05) is 5.75 Å². The molecule has 26 heavy (non-hydrogen) atoms. The molecule has 1 amide bonds. The van der Waals surface area contributed by atoms with E-state index in [0.717, 1.165) is 16.7 Å². The summed E-state index contributed by atoms with van der Waals surface area (Å²) in [6.45, 7) is 13.7. The molecule has 0 spiro atoms. The summed E-state index contributed by atoms with van der Waals surface area (Å²) in [5, 5.41) is 22.4. The zero-order valence-corrected chi connectivity index (χ0v) is 17.6. The Kier molecular flexibility index (Phi) is 7.17. The molecule has 0 heterocycles. The lowest BCUT2D eigenvalue weighted by Crippen LogP contribution is -2.41. The van der Waals surface area contributed by atoms with Gasteiger partial charge in [0, 0.05) is 18.4 Å². The first-order chi connectivity index (χ1) is 11.7. The quantitative estimate of drug-likeness (QED) is 0.697. The van der Waals surface area contributed by atoms with Crippen molar-refractivity contribution in [1.82, 2.24) is 5.32 Å². The van der Waals surface area contributed by atoms with Crippen molar-refractivity contribution in [3.8, 4) is 5.75 Å². The third kappa shape index (κ3) is 6.24. The Morgan fingerprint density at radius 2 is 1.54 bits per heavy atom. The predicted octanol–water partition coefficient (Wildman–Crippen LogP) is 3.81. The highest BCUT2D eigenvalue weighted by atomic mass is 32.2. The van der Waals surface area contributed by atoms with E-state index < -0.39 is 12.0 Å². The molecule has 0 aliphatic heterocycles. The Morgan fingerprint density at radius 1 is 1.08 bits per heavy atom. The Hall–Kier alpha value is -1.69. The monoisotopic (exact) mass is 381 g/mol. The molecule has 0 aromatic heterocycles. The maximum absolute atomic E-state index is 11.2. The van der Waals surface area contributed by atoms with Crippen LogP contribution < -0.4 is 5.32 Å². The number of phenols is 1. The molecule has 0 bridgehead atoms. The number of thioether (sulfide) groups is 1. The largest absolute Gasteiger partial charge is 0.507 e. The summed E-state index contributed by atoms with van der Waals surface area (Å²) in [5.74, 6) is -0.168. The second-order valence-electron chi connectivity index (χ2n) is 8.65. The van der Waals surface area contributed by atoms with Gasteiger partial charge in [0.25, 0.3) is 0 Å². The molecule has 0 saturated heterocycles. The molecule has 1 aromatic carbocycles. The number of aromatic hydroxyl groups is 1. The van der Waals surface area contributed by atoms with E-state index in [9.17, 15) is 19.8 Å². The molecule has 0 radical (unpaired) electrons. The summed E-state index contributed by atoms with van der Waals surface area (Å²) in [6, 6.07) is 3.08. The average Bonchev–Trinajstić information content (AvgIpc) is 2.44. The number of carboxylic acids is 1. The summed E-state index contributed by atoms with van der Waals surface area (Å²) < 4.78 is 0. The molecule has 3 N–H and O–H groups in total. The highest BCUT2D eigenvalue weighted by molar-refractivity contribution is 7.98. The summed E-state index contributed by atoms with van der Waals surface area (Å²) in [6.07, 6.45) is 0. The first-order valence-electron chi connectivity index (χ1n) is 8.68. The van der Waals surface area contributed by atoms with Crippen LogP contribution in [0.15, 0.2) is 12.1 Å². The number of benzene rings is 1. The molecule has 1 aromatic rings. The molecular formula is C20H31NO4S. The number of amides is 1. The fourth-order valence-corrected chi connectivity index (χ4v) is 3.62. The molecule has 146 valence electrons. The number of rotatable bonds is 6. The van der Waals surface area contributed by atoms with Gasteiger partial charge in [0.1, 0.15) is 11.8 Å². The maximum Gasteiger partial charge on any atom is 0.327 e. The SMILES string of the molecule is CC(=O)N[C@@H](CSCc1cc(C(C)(C)C)c(O)c(C(C)(C)C)c1)C(=O)O. The Labute approximate surface area is 160 Å². The van der Waals surface area contributed by atoms with E-state index in [1.54, 1.807) is 0 Å². The molecule has 6 heteroatoms. The lowest BCUT2D eigenvalue weighted by atomic mass is 9.78. The Bertz CT molecular complexity index is 636. The van der Waals surface area contributed by atoms with Gasteiger partial charge in [-0.3, -0.25) is 4.79 Å². The first kappa shape index (κ1) is 22.4. The van der Waals surface area contributed by atoms with Crippen molar-refractivity contribution in [2.24, 2.45) is 0 Å². The second-order valence-corrected chi connectivity index (χ2v) is 9.68. The van der Waals surface area contributed by atoms with Gasteiger partial charge in [0.05, 0.1) is 0 Å². The van der Waals surface area contributed by atoms with Gasteiger partial charge in [-0.1, -0.05) is 53.7 Å². The van der Waals surface area contributed by atoms with E-state index in [1.807, 2.05) is 12.1 Å². The highest BCUT2D eigenvalue weighted by Crippen LogP contribution is 2.40. The van der Waals surface area contributed by atoms with Gasteiger partial charge in [-0.05, 0) is 27.5 Å². The molecule has 0 aliphatic carbocycles. The van der Waals surface area contributed by atoms with Gasteiger partial charge in [-0.25, -0.2) is 4.79 Å². The number of hydrogen-bond donors (Lipinski definition) is 3. The third-order valence-corrected chi connectivity index (χ3v) is 5.12. The maximum atomic E-state index is 11.2. The van der Waals surface area contributed by atoms with E-state index in [0.29, 0.717) is 11.5 Å². The van der Waals surface area contributed by atoms with Crippen LogP contribution in [-0.2, 0) is 26.2 Å². The van der Waals surface area contributed by atoms with Gasteiger partial charge < -0.3 is 15.5 Å². The molecule has 0 aliphatic rings. The predicted molar refractivity (Wildman–Crippen MR) is 107 cm³/mol. The normalized spacial score (nSPS) is 13.3. The van der Waals surface area contributed by atoms with Crippen LogP contribution in [0.25, 0.3) is 0 Å². The number of carboxylic acid groups (broad SMARTS) is 1. The fourth-order valence-electron chi connectivity index (χ4n) is 2.64. The molecule has 5 nitrogen and oxygen atoms in total. The van der Waals surface area contributed by atoms with Gasteiger partial charge in [0.2, 0.25) is 5.91 Å².